The van der Waals surface area contributed by atoms with E-state index in [1.165, 1.54) is 50.8 Å². The minimum absolute atomic E-state index is 0.00674. The summed E-state index contributed by atoms with van der Waals surface area (Å²) in [7, 11) is -10.6. The van der Waals surface area contributed by atoms with Crippen LogP contribution in [0, 0.1) is 0 Å². The second kappa shape index (κ2) is 19.7. The summed E-state index contributed by atoms with van der Waals surface area (Å²) in [6.07, 6.45) is 14.6. The number of rotatable bonds is 22. The third-order valence-corrected chi connectivity index (χ3v) is 9.14. The molecule has 0 spiro atoms. The lowest BCUT2D eigenvalue weighted by Gasteiger charge is -2.18. The van der Waals surface area contributed by atoms with E-state index in [9.17, 15) is 33.8 Å². The highest BCUT2D eigenvalue weighted by atomic mass is 31.3. The van der Waals surface area contributed by atoms with Gasteiger partial charge in [-0.25, -0.2) is 13.9 Å². The number of carbonyl (C=O) groups is 1. The maximum Gasteiger partial charge on any atom is 0.481 e. The molecule has 1 aliphatic rings. The van der Waals surface area contributed by atoms with Crippen molar-refractivity contribution >= 4 is 27.4 Å². The quantitative estimate of drug-likeness (QED) is 0.0583. The Labute approximate surface area is 257 Å². The van der Waals surface area contributed by atoms with E-state index in [4.69, 9.17) is 14.5 Å². The summed E-state index contributed by atoms with van der Waals surface area (Å²) in [5.41, 5.74) is -0.917. The normalized spacial score (nSPS) is 22.0. The molecule has 2 heterocycles. The number of phosphoric acid groups is 2. The number of aliphatic hydroxyl groups excluding tert-OH is 2. The van der Waals surface area contributed by atoms with Crippen LogP contribution in [0.4, 0.5) is 5.82 Å². The van der Waals surface area contributed by atoms with Gasteiger partial charge in [0.15, 0.2) is 6.23 Å². The van der Waals surface area contributed by atoms with Crippen LogP contribution in [0.5, 0.6) is 0 Å². The van der Waals surface area contributed by atoms with Gasteiger partial charge >= 0.3 is 21.3 Å². The first-order valence-electron chi connectivity index (χ1n) is 15.1. The minimum Gasteiger partial charge on any atom is -0.387 e. The standard InChI is InChI=1S/C27H47N3O12P2/c1-2-3-4-5-6-7-8-9-10-11-12-13-14-15-16-17-23(31)28-22-18-19-30(27(34)29-22)26-25(33)24(32)21(41-26)20-40-44(38,39)42-43(35,36)37/h9-10,18-19,21,24-26,32-33H,2-8,11-17,20H2,1H3,(H,38,39)(H2,35,36,37)(H,28,29,31,34)/b10-9-/t21-,24-,25-,26-/m1/s1. The second-order valence-corrected chi connectivity index (χ2v) is 13.6. The molecular formula is C27H47N3O12P2. The predicted octanol–water partition coefficient (Wildman–Crippen LogP) is 4.06. The average Bonchev–Trinajstić information content (AvgIpc) is 3.21. The van der Waals surface area contributed by atoms with Gasteiger partial charge in [0.25, 0.3) is 0 Å². The molecule has 252 valence electrons. The molecule has 0 saturated carbocycles. The lowest BCUT2D eigenvalue weighted by Crippen LogP contribution is -2.36. The van der Waals surface area contributed by atoms with E-state index < -0.39 is 52.5 Å². The summed E-state index contributed by atoms with van der Waals surface area (Å²) >= 11 is 0. The average molecular weight is 668 g/mol. The fourth-order valence-electron chi connectivity index (χ4n) is 4.66. The number of aliphatic hydroxyl groups is 2. The van der Waals surface area contributed by atoms with E-state index in [1.54, 1.807) is 0 Å². The number of hydrogen-bond acceptors (Lipinski definition) is 10. The van der Waals surface area contributed by atoms with Gasteiger partial charge in [-0.2, -0.15) is 9.29 Å². The molecule has 1 fully saturated rings. The number of phosphoric ester groups is 1. The molecule has 1 aromatic heterocycles. The fourth-order valence-corrected chi connectivity index (χ4v) is 6.26. The van der Waals surface area contributed by atoms with Crippen molar-refractivity contribution in [2.24, 2.45) is 0 Å². The number of aromatic nitrogens is 2. The Morgan fingerprint density at radius 3 is 2.16 bits per heavy atom. The fraction of sp³-hybridized carbons (Fsp3) is 0.741. The first-order chi connectivity index (χ1) is 20.8. The number of carbonyl (C=O) groups excluding carboxylic acids is 1. The zero-order valence-electron chi connectivity index (χ0n) is 25.1. The predicted molar refractivity (Wildman–Crippen MR) is 161 cm³/mol. The number of unbranched alkanes of at least 4 members (excludes halogenated alkanes) is 11. The third kappa shape index (κ3) is 15.0. The van der Waals surface area contributed by atoms with Gasteiger partial charge in [0, 0.05) is 12.6 Å². The van der Waals surface area contributed by atoms with Crippen LogP contribution >= 0.6 is 15.6 Å². The number of anilines is 1. The van der Waals surface area contributed by atoms with Crippen LogP contribution in [0.25, 0.3) is 0 Å². The van der Waals surface area contributed by atoms with Gasteiger partial charge in [0.1, 0.15) is 24.1 Å². The number of hydrogen-bond donors (Lipinski definition) is 6. The Kier molecular flexibility index (Phi) is 17.2. The summed E-state index contributed by atoms with van der Waals surface area (Å²) < 4.78 is 36.7. The van der Waals surface area contributed by atoms with Gasteiger partial charge in [0.2, 0.25) is 5.91 Å². The van der Waals surface area contributed by atoms with Crippen LogP contribution < -0.4 is 11.0 Å². The Morgan fingerprint density at radius 2 is 1.57 bits per heavy atom. The monoisotopic (exact) mass is 667 g/mol. The van der Waals surface area contributed by atoms with Crippen LogP contribution in [0.15, 0.2) is 29.2 Å². The lowest BCUT2D eigenvalue weighted by molar-refractivity contribution is -0.116. The Morgan fingerprint density at radius 1 is 0.977 bits per heavy atom. The molecule has 1 aliphatic heterocycles. The Bertz CT molecular complexity index is 1190. The SMILES string of the molecule is CCCCCCCC/C=C\CCCCCCCC(=O)Nc1ccn([C@@H]2O[C@H](COP(=O)(O)OP(=O)(O)O)[C@@H](O)[C@H]2O)c(=O)n1. The number of nitrogens with one attached hydrogen (secondary N) is 1. The van der Waals surface area contributed by atoms with Gasteiger partial charge in [-0.15, -0.1) is 0 Å². The number of nitrogens with zero attached hydrogens (tertiary/aromatic N) is 2. The van der Waals surface area contributed by atoms with E-state index in [2.05, 4.69) is 38.2 Å². The third-order valence-electron chi connectivity index (χ3n) is 6.99. The highest BCUT2D eigenvalue weighted by Crippen LogP contribution is 2.57. The topological polar surface area (TPSA) is 227 Å². The summed E-state index contributed by atoms with van der Waals surface area (Å²) in [6, 6.07) is 1.31. The molecule has 0 aliphatic carbocycles. The molecule has 2 rings (SSSR count). The van der Waals surface area contributed by atoms with E-state index in [0.29, 0.717) is 6.42 Å². The molecule has 5 atom stereocenters. The zero-order chi connectivity index (χ0) is 32.6. The molecule has 6 N–H and O–H groups in total. The van der Waals surface area contributed by atoms with Gasteiger partial charge in [-0.1, -0.05) is 70.4 Å². The van der Waals surface area contributed by atoms with Crippen LogP contribution in [0.2, 0.25) is 0 Å². The van der Waals surface area contributed by atoms with Crippen LogP contribution in [0.3, 0.4) is 0 Å². The number of amides is 1. The number of ether oxygens (including phenoxy) is 1. The molecule has 0 bridgehead atoms. The molecule has 1 saturated heterocycles. The molecular weight excluding hydrogens is 620 g/mol. The summed E-state index contributed by atoms with van der Waals surface area (Å²) in [4.78, 5) is 55.3. The summed E-state index contributed by atoms with van der Waals surface area (Å²) in [5.74, 6) is -0.309. The van der Waals surface area contributed by atoms with Crippen molar-refractivity contribution < 1.29 is 52.4 Å². The lowest BCUT2D eigenvalue weighted by atomic mass is 10.1. The largest absolute Gasteiger partial charge is 0.481 e. The maximum absolute atomic E-state index is 12.5. The van der Waals surface area contributed by atoms with Gasteiger partial charge in [-0.05, 0) is 38.2 Å². The molecule has 1 aromatic rings. The first kappa shape index (κ1) is 38.4. The minimum atomic E-state index is -5.35. The van der Waals surface area contributed by atoms with Gasteiger partial charge in [0.05, 0.1) is 6.61 Å². The van der Waals surface area contributed by atoms with Crippen molar-refractivity contribution in [1.29, 1.82) is 0 Å². The zero-order valence-corrected chi connectivity index (χ0v) is 26.9. The van der Waals surface area contributed by atoms with E-state index in [-0.39, 0.29) is 18.1 Å². The molecule has 1 amide bonds. The van der Waals surface area contributed by atoms with E-state index in [1.807, 2.05) is 0 Å². The molecule has 0 radical (unpaired) electrons. The van der Waals surface area contributed by atoms with Gasteiger partial charge < -0.3 is 34.9 Å². The molecule has 17 heteroatoms. The summed E-state index contributed by atoms with van der Waals surface area (Å²) in [6.45, 7) is 1.32. The maximum atomic E-state index is 12.5. The van der Waals surface area contributed by atoms with Crippen molar-refractivity contribution in [3.63, 3.8) is 0 Å². The van der Waals surface area contributed by atoms with Crippen LogP contribution in [-0.2, 0) is 27.5 Å². The molecule has 15 nitrogen and oxygen atoms in total. The van der Waals surface area contributed by atoms with Crippen molar-refractivity contribution in [2.45, 2.75) is 121 Å². The van der Waals surface area contributed by atoms with Crippen molar-refractivity contribution in [2.75, 3.05) is 11.9 Å². The van der Waals surface area contributed by atoms with Crippen LogP contribution in [0.1, 0.15) is 103 Å². The van der Waals surface area contributed by atoms with Crippen molar-refractivity contribution in [3.05, 3.63) is 34.9 Å². The van der Waals surface area contributed by atoms with Crippen LogP contribution in [-0.4, -0.2) is 65.3 Å². The molecule has 1 unspecified atom stereocenters. The van der Waals surface area contributed by atoms with E-state index in [0.717, 1.165) is 43.1 Å². The van der Waals surface area contributed by atoms with Crippen molar-refractivity contribution in [3.8, 4) is 0 Å². The van der Waals surface area contributed by atoms with Gasteiger partial charge in [-0.3, -0.25) is 13.9 Å². The molecule has 0 aromatic carbocycles. The summed E-state index contributed by atoms with van der Waals surface area (Å²) in [5, 5.41) is 23.1. The number of allylic oxidation sites excluding steroid dienone is 2. The Balaban J connectivity index is 1.67. The Hall–Kier alpha value is -1.77. The smallest absolute Gasteiger partial charge is 0.387 e. The molecule has 44 heavy (non-hydrogen) atoms. The van der Waals surface area contributed by atoms with E-state index >= 15 is 0 Å². The first-order valence-corrected chi connectivity index (χ1v) is 18.2. The highest BCUT2D eigenvalue weighted by Gasteiger charge is 2.45. The second-order valence-electron chi connectivity index (χ2n) is 10.8. The van der Waals surface area contributed by atoms with Crippen molar-refractivity contribution in [1.82, 2.24) is 9.55 Å². The highest BCUT2D eigenvalue weighted by molar-refractivity contribution is 7.60.